The summed E-state index contributed by atoms with van der Waals surface area (Å²) in [4.78, 5) is 25.3. The van der Waals surface area contributed by atoms with Crippen LogP contribution in [0.4, 0.5) is 0 Å². The quantitative estimate of drug-likeness (QED) is 0.0276. The summed E-state index contributed by atoms with van der Waals surface area (Å²) in [5, 5.41) is 13.8. The summed E-state index contributed by atoms with van der Waals surface area (Å²) in [5.41, 5.74) is 0. The van der Waals surface area contributed by atoms with Gasteiger partial charge in [-0.05, 0) is 70.6 Å². The number of allylic oxidation sites excluding steroid dienone is 11. The number of quaternary nitrogens is 1. The molecule has 8 nitrogen and oxygen atoms in total. The van der Waals surface area contributed by atoms with E-state index in [4.69, 9.17) is 9.05 Å². The summed E-state index contributed by atoms with van der Waals surface area (Å²) in [6.07, 6.45) is 52.3. The van der Waals surface area contributed by atoms with Crippen molar-refractivity contribution < 1.29 is 32.9 Å². The maximum absolute atomic E-state index is 12.9. The number of amides is 1. The van der Waals surface area contributed by atoms with Crippen LogP contribution >= 0.6 is 7.82 Å². The molecule has 0 fully saturated rings. The van der Waals surface area contributed by atoms with E-state index in [2.05, 4.69) is 79.9 Å². The van der Waals surface area contributed by atoms with Crippen LogP contribution in [-0.4, -0.2) is 68.5 Å². The highest BCUT2D eigenvalue weighted by atomic mass is 31.2. The lowest BCUT2D eigenvalue weighted by molar-refractivity contribution is -0.870. The average molecular weight is 819 g/mol. The molecule has 0 rings (SSSR count). The standard InChI is InChI=1S/C48H87N2O6P/c1-6-8-10-12-14-16-18-20-22-24-25-26-28-30-32-34-36-38-40-42-48(52)49-46(45-56-57(53,54)55-44-43-50(3,4)5)47(51)41-39-37-35-33-31-29-27-23-21-19-17-15-13-11-9-7-2/h8,10,14,16,20,22,25-26,31,33,39,41,46-47,51H,6-7,9,11-13,15,17-19,21,23-24,27-30,32,34-38,40,42-45H2,1-5H3,(H-,49,52,53,54)/b10-8-,16-14-,22-20-,26-25-,33-31+,41-39+. The number of rotatable bonds is 40. The Hall–Kier alpha value is -2.06. The van der Waals surface area contributed by atoms with Gasteiger partial charge >= 0.3 is 0 Å². The Balaban J connectivity index is 4.49. The Morgan fingerprint density at radius 3 is 1.63 bits per heavy atom. The van der Waals surface area contributed by atoms with Crippen molar-refractivity contribution in [1.82, 2.24) is 5.32 Å². The van der Waals surface area contributed by atoms with Crippen LogP contribution in [-0.2, 0) is 18.4 Å². The second-order valence-electron chi connectivity index (χ2n) is 16.4. The summed E-state index contributed by atoms with van der Waals surface area (Å²) >= 11 is 0. The molecule has 0 aliphatic carbocycles. The molecule has 2 N–H and O–H groups in total. The third-order valence-corrected chi connectivity index (χ3v) is 10.6. The molecule has 0 aliphatic rings. The third kappa shape index (κ3) is 41.9. The van der Waals surface area contributed by atoms with E-state index in [1.807, 2.05) is 27.2 Å². The van der Waals surface area contributed by atoms with E-state index in [-0.39, 0.29) is 12.5 Å². The minimum Gasteiger partial charge on any atom is -0.756 e. The molecule has 0 heterocycles. The number of hydrogen-bond donors (Lipinski definition) is 2. The minimum absolute atomic E-state index is 0.0130. The van der Waals surface area contributed by atoms with Gasteiger partial charge < -0.3 is 28.8 Å². The van der Waals surface area contributed by atoms with Gasteiger partial charge in [-0.15, -0.1) is 0 Å². The van der Waals surface area contributed by atoms with E-state index < -0.39 is 26.6 Å². The van der Waals surface area contributed by atoms with E-state index in [0.29, 0.717) is 17.4 Å². The molecule has 0 aromatic heterocycles. The molecule has 0 bridgehead atoms. The van der Waals surface area contributed by atoms with E-state index >= 15 is 0 Å². The lowest BCUT2D eigenvalue weighted by Crippen LogP contribution is -2.45. The molecule has 0 aromatic carbocycles. The lowest BCUT2D eigenvalue weighted by atomic mass is 10.1. The Morgan fingerprint density at radius 2 is 1.09 bits per heavy atom. The monoisotopic (exact) mass is 819 g/mol. The number of nitrogens with one attached hydrogen (secondary N) is 1. The fourth-order valence-corrected chi connectivity index (χ4v) is 6.76. The molecule has 0 aromatic rings. The van der Waals surface area contributed by atoms with Gasteiger partial charge in [-0.3, -0.25) is 9.36 Å². The zero-order valence-electron chi connectivity index (χ0n) is 37.3. The van der Waals surface area contributed by atoms with Crippen LogP contribution in [0.25, 0.3) is 0 Å². The predicted molar refractivity (Wildman–Crippen MR) is 242 cm³/mol. The first kappa shape index (κ1) is 54.9. The van der Waals surface area contributed by atoms with E-state index in [9.17, 15) is 19.4 Å². The van der Waals surface area contributed by atoms with Crippen LogP contribution in [0.3, 0.4) is 0 Å². The molecule has 0 spiro atoms. The maximum Gasteiger partial charge on any atom is 0.268 e. The van der Waals surface area contributed by atoms with Crippen LogP contribution < -0.4 is 10.2 Å². The van der Waals surface area contributed by atoms with Crippen molar-refractivity contribution in [2.24, 2.45) is 0 Å². The summed E-state index contributed by atoms with van der Waals surface area (Å²) in [6.45, 7) is 4.48. The molecule has 0 aliphatic heterocycles. The second kappa shape index (κ2) is 39.4. The molecule has 3 atom stereocenters. The zero-order valence-corrected chi connectivity index (χ0v) is 38.2. The number of carbonyl (C=O) groups excluding carboxylic acids is 1. The Kier molecular flexibility index (Phi) is 38.0. The largest absolute Gasteiger partial charge is 0.756 e. The third-order valence-electron chi connectivity index (χ3n) is 9.65. The summed E-state index contributed by atoms with van der Waals surface area (Å²) in [7, 11) is 1.22. The average Bonchev–Trinajstić information content (AvgIpc) is 3.16. The van der Waals surface area contributed by atoms with Gasteiger partial charge in [0.1, 0.15) is 13.2 Å². The summed E-state index contributed by atoms with van der Waals surface area (Å²) in [5.74, 6) is -0.225. The molecule has 1 amide bonds. The number of nitrogens with zero attached hydrogens (tertiary/aromatic N) is 1. The minimum atomic E-state index is -4.60. The number of carbonyl (C=O) groups is 1. The normalized spacial score (nSPS) is 15.0. The molecule has 3 unspecified atom stereocenters. The number of phosphoric acid groups is 1. The van der Waals surface area contributed by atoms with Crippen molar-refractivity contribution in [2.75, 3.05) is 40.9 Å². The number of aliphatic hydroxyl groups excluding tert-OH is 1. The molecule has 0 saturated carbocycles. The molecule has 0 radical (unpaired) electrons. The molecule has 9 heteroatoms. The first-order valence-corrected chi connectivity index (χ1v) is 24.3. The number of aliphatic hydroxyl groups is 1. The summed E-state index contributed by atoms with van der Waals surface area (Å²) < 4.78 is 23.2. The molecular weight excluding hydrogens is 732 g/mol. The van der Waals surface area contributed by atoms with E-state index in [1.54, 1.807) is 6.08 Å². The maximum atomic E-state index is 12.9. The zero-order chi connectivity index (χ0) is 42.1. The van der Waals surface area contributed by atoms with Crippen molar-refractivity contribution >= 4 is 13.7 Å². The van der Waals surface area contributed by atoms with Crippen molar-refractivity contribution in [2.45, 2.75) is 187 Å². The fraction of sp³-hybridized carbons (Fsp3) is 0.729. The van der Waals surface area contributed by atoms with Gasteiger partial charge in [0.15, 0.2) is 0 Å². The van der Waals surface area contributed by atoms with E-state index in [0.717, 1.165) is 77.0 Å². The van der Waals surface area contributed by atoms with Gasteiger partial charge in [-0.1, -0.05) is 170 Å². The van der Waals surface area contributed by atoms with Crippen molar-refractivity contribution in [3.8, 4) is 0 Å². The summed E-state index contributed by atoms with van der Waals surface area (Å²) in [6, 6.07) is -0.914. The smallest absolute Gasteiger partial charge is 0.268 e. The fourth-order valence-electron chi connectivity index (χ4n) is 6.04. The van der Waals surface area contributed by atoms with Gasteiger partial charge in [0.25, 0.3) is 7.82 Å². The Labute approximate surface area is 351 Å². The van der Waals surface area contributed by atoms with Crippen molar-refractivity contribution in [1.29, 1.82) is 0 Å². The Morgan fingerprint density at radius 1 is 0.632 bits per heavy atom. The number of likely N-dealkylation sites (N-methyl/N-ethyl adjacent to an activating group) is 1. The lowest BCUT2D eigenvalue weighted by Gasteiger charge is -2.29. The molecular formula is C48H87N2O6P. The highest BCUT2D eigenvalue weighted by molar-refractivity contribution is 7.45. The second-order valence-corrected chi connectivity index (χ2v) is 17.8. The predicted octanol–water partition coefficient (Wildman–Crippen LogP) is 12.2. The van der Waals surface area contributed by atoms with Gasteiger partial charge in [0, 0.05) is 6.42 Å². The highest BCUT2D eigenvalue weighted by Crippen LogP contribution is 2.38. The van der Waals surface area contributed by atoms with Gasteiger partial charge in [-0.2, -0.15) is 0 Å². The SMILES string of the molecule is CC/C=C\C/C=C\C/C=C\C/C=C\CCCCCCCCC(=O)NC(COP(=O)([O-])OCC[N+](C)(C)C)C(O)/C=C/CC/C=C/CCCCCCCCCCCC. The molecule has 57 heavy (non-hydrogen) atoms. The van der Waals surface area contributed by atoms with Crippen LogP contribution in [0, 0.1) is 0 Å². The van der Waals surface area contributed by atoms with Crippen LogP contribution in [0.15, 0.2) is 72.9 Å². The first-order chi connectivity index (χ1) is 27.5. The van der Waals surface area contributed by atoms with Crippen molar-refractivity contribution in [3.63, 3.8) is 0 Å². The van der Waals surface area contributed by atoms with Crippen LogP contribution in [0.2, 0.25) is 0 Å². The number of phosphoric ester groups is 1. The van der Waals surface area contributed by atoms with Gasteiger partial charge in [0.05, 0.1) is 39.9 Å². The highest BCUT2D eigenvalue weighted by Gasteiger charge is 2.23. The first-order valence-electron chi connectivity index (χ1n) is 22.8. The van der Waals surface area contributed by atoms with E-state index in [1.165, 1.54) is 77.0 Å². The Bertz CT molecular complexity index is 1160. The van der Waals surface area contributed by atoms with Gasteiger partial charge in [-0.25, -0.2) is 0 Å². The number of hydrogen-bond acceptors (Lipinski definition) is 6. The molecule has 330 valence electrons. The van der Waals surface area contributed by atoms with Gasteiger partial charge in [0.2, 0.25) is 5.91 Å². The number of unbranched alkanes of at least 4 members (excludes halogenated alkanes) is 17. The topological polar surface area (TPSA) is 108 Å². The van der Waals surface area contributed by atoms with Crippen LogP contribution in [0.5, 0.6) is 0 Å². The molecule has 0 saturated heterocycles. The van der Waals surface area contributed by atoms with Crippen molar-refractivity contribution in [3.05, 3.63) is 72.9 Å². The van der Waals surface area contributed by atoms with Crippen LogP contribution in [0.1, 0.15) is 174 Å².